The molecule has 4 nitrogen and oxygen atoms in total. The fourth-order valence-electron chi connectivity index (χ4n) is 8.15. The maximum Gasteiger partial charge on any atom is 0.0978 e. The second-order valence-corrected chi connectivity index (χ2v) is 13.9. The zero-order valence-electron chi connectivity index (χ0n) is 30.2. The maximum absolute atomic E-state index is 5.15. The molecule has 4 heteroatoms. The van der Waals surface area contributed by atoms with Crippen LogP contribution in [0.2, 0.25) is 0 Å². The molecule has 3 heterocycles. The molecular weight excluding hydrogens is 669 g/mol. The van der Waals surface area contributed by atoms with E-state index in [2.05, 4.69) is 138 Å². The Kier molecular flexibility index (Phi) is 7.81. The lowest BCUT2D eigenvalue weighted by Gasteiger charge is -2.16. The van der Waals surface area contributed by atoms with E-state index in [1.807, 2.05) is 61.8 Å². The van der Waals surface area contributed by atoms with Crippen LogP contribution in [0.4, 0.5) is 0 Å². The van der Waals surface area contributed by atoms with E-state index in [0.717, 1.165) is 71.9 Å². The lowest BCUT2D eigenvalue weighted by molar-refractivity contribution is 1.32. The molecule has 0 aliphatic rings. The van der Waals surface area contributed by atoms with Gasteiger partial charge >= 0.3 is 0 Å². The van der Waals surface area contributed by atoms with Crippen molar-refractivity contribution in [1.29, 1.82) is 0 Å². The number of fused-ring (bicyclic) bond motifs is 10. The number of benzene rings is 7. The van der Waals surface area contributed by atoms with Crippen LogP contribution in [0.1, 0.15) is 12.5 Å². The van der Waals surface area contributed by atoms with E-state index in [0.29, 0.717) is 0 Å². The molecule has 0 amide bonds. The summed E-state index contributed by atoms with van der Waals surface area (Å²) >= 11 is 0. The Morgan fingerprint density at radius 3 is 1.96 bits per heavy atom. The van der Waals surface area contributed by atoms with Crippen molar-refractivity contribution < 1.29 is 0 Å². The summed E-state index contributed by atoms with van der Waals surface area (Å²) in [6.45, 7) is 5.89. The molecule has 0 bridgehead atoms. The lowest BCUT2D eigenvalue weighted by atomic mass is 9.88. The van der Waals surface area contributed by atoms with E-state index >= 15 is 0 Å². The molecule has 258 valence electrons. The molecule has 0 aliphatic heterocycles. The number of nitrogens with zero attached hydrogens (tertiary/aromatic N) is 4. The standard InChI is InChI=1S/C51H34N4/c1-3-4-16-46(52-2)36-27-35(28-37(29-36)47-17-9-10-25-53-47)33-20-22-40-41-23-21-34(31-45(41)39-14-6-5-13-38(39)44(40)30-33)49-42-15-7-8-18-48(42)55-51-43(49)24-19-32-12-11-26-54-50(32)51/h3-31H,2H2,1H3/b4-3-,46-16-. The minimum Gasteiger partial charge on any atom is -0.264 e. The fraction of sp³-hybridized carbons (Fsp3) is 0.0196. The molecule has 0 N–H and O–H groups in total. The Hall–Kier alpha value is -7.30. The van der Waals surface area contributed by atoms with Crippen LogP contribution in [-0.2, 0) is 0 Å². The predicted molar refractivity (Wildman–Crippen MR) is 234 cm³/mol. The lowest BCUT2D eigenvalue weighted by Crippen LogP contribution is -1.92. The van der Waals surface area contributed by atoms with E-state index in [1.165, 1.54) is 37.9 Å². The number of pyridine rings is 3. The van der Waals surface area contributed by atoms with Crippen molar-refractivity contribution in [2.75, 3.05) is 0 Å². The van der Waals surface area contributed by atoms with Gasteiger partial charge in [-0.2, -0.15) is 0 Å². The van der Waals surface area contributed by atoms with E-state index in [-0.39, 0.29) is 0 Å². The topological polar surface area (TPSA) is 51.0 Å². The normalized spacial score (nSPS) is 12.2. The van der Waals surface area contributed by atoms with Crippen molar-refractivity contribution in [1.82, 2.24) is 15.0 Å². The highest BCUT2D eigenvalue weighted by Crippen LogP contribution is 2.42. The van der Waals surface area contributed by atoms with Crippen LogP contribution in [0.3, 0.4) is 0 Å². The molecule has 0 spiro atoms. The van der Waals surface area contributed by atoms with Gasteiger partial charge in [0, 0.05) is 45.2 Å². The minimum atomic E-state index is 0.810. The van der Waals surface area contributed by atoms with Gasteiger partial charge < -0.3 is 0 Å². The first-order valence-electron chi connectivity index (χ1n) is 18.5. The molecule has 7 aromatic carbocycles. The first kappa shape index (κ1) is 32.4. The van der Waals surface area contributed by atoms with Gasteiger partial charge in [0.2, 0.25) is 0 Å². The second-order valence-electron chi connectivity index (χ2n) is 13.9. The summed E-state index contributed by atoms with van der Waals surface area (Å²) in [5.41, 5.74) is 11.1. The third kappa shape index (κ3) is 5.46. The van der Waals surface area contributed by atoms with Gasteiger partial charge in [0.25, 0.3) is 0 Å². The first-order chi connectivity index (χ1) is 27.2. The van der Waals surface area contributed by atoms with Gasteiger partial charge in [-0.3, -0.25) is 15.0 Å². The van der Waals surface area contributed by atoms with Crippen LogP contribution < -0.4 is 0 Å². The van der Waals surface area contributed by atoms with Crippen LogP contribution in [0.25, 0.3) is 104 Å². The minimum absolute atomic E-state index is 0.810. The van der Waals surface area contributed by atoms with Gasteiger partial charge in [-0.1, -0.05) is 103 Å². The zero-order valence-corrected chi connectivity index (χ0v) is 30.2. The van der Waals surface area contributed by atoms with Crippen molar-refractivity contribution in [2.24, 2.45) is 4.99 Å². The predicted octanol–water partition coefficient (Wildman–Crippen LogP) is 13.4. The number of rotatable bonds is 6. The number of hydrogen-bond acceptors (Lipinski definition) is 4. The van der Waals surface area contributed by atoms with Crippen LogP contribution in [-0.4, -0.2) is 21.7 Å². The van der Waals surface area contributed by atoms with Crippen molar-refractivity contribution in [3.63, 3.8) is 0 Å². The zero-order chi connectivity index (χ0) is 36.9. The van der Waals surface area contributed by atoms with Gasteiger partial charge in [-0.25, -0.2) is 4.98 Å². The highest BCUT2D eigenvalue weighted by atomic mass is 14.7. The highest BCUT2D eigenvalue weighted by molar-refractivity contribution is 6.27. The Balaban J connectivity index is 1.20. The van der Waals surface area contributed by atoms with Crippen molar-refractivity contribution >= 4 is 77.4 Å². The molecule has 0 unspecified atom stereocenters. The molecule has 3 aromatic heterocycles. The molecule has 10 rings (SSSR count). The molecule has 0 radical (unpaired) electrons. The first-order valence-corrected chi connectivity index (χ1v) is 18.5. The summed E-state index contributed by atoms with van der Waals surface area (Å²) in [6.07, 6.45) is 9.68. The molecule has 0 saturated heterocycles. The van der Waals surface area contributed by atoms with Crippen molar-refractivity contribution in [2.45, 2.75) is 6.92 Å². The number of para-hydroxylation sites is 1. The maximum atomic E-state index is 5.15. The summed E-state index contributed by atoms with van der Waals surface area (Å²) in [7, 11) is 0. The summed E-state index contributed by atoms with van der Waals surface area (Å²) in [5.74, 6) is 0. The van der Waals surface area contributed by atoms with E-state index in [9.17, 15) is 0 Å². The average molecular weight is 703 g/mol. The van der Waals surface area contributed by atoms with Gasteiger partial charge in [-0.15, -0.1) is 0 Å². The highest BCUT2D eigenvalue weighted by Gasteiger charge is 2.17. The number of hydrogen-bond donors (Lipinski definition) is 0. The third-order valence-electron chi connectivity index (χ3n) is 10.7. The molecular formula is C51H34N4. The SMILES string of the molecule is C=N/C(=C\C=C/C)c1cc(-c2ccc3c4ccc(-c5c6ccccc6nc6c5ccc5cccnc56)cc4c4ccccc4c3c2)cc(-c2ccccn2)c1. The Morgan fingerprint density at radius 1 is 0.527 bits per heavy atom. The van der Waals surface area contributed by atoms with E-state index < -0.39 is 0 Å². The average Bonchev–Trinajstić information content (AvgIpc) is 3.25. The molecule has 0 aliphatic carbocycles. The Bertz CT molecular complexity index is 3210. The summed E-state index contributed by atoms with van der Waals surface area (Å²) in [4.78, 5) is 19.0. The Morgan fingerprint density at radius 2 is 1.20 bits per heavy atom. The summed E-state index contributed by atoms with van der Waals surface area (Å²) < 4.78 is 0. The molecule has 0 atom stereocenters. The molecule has 0 saturated carbocycles. The van der Waals surface area contributed by atoms with Crippen molar-refractivity contribution in [3.8, 4) is 33.5 Å². The van der Waals surface area contributed by atoms with Crippen LogP contribution in [0.15, 0.2) is 181 Å². The van der Waals surface area contributed by atoms with E-state index in [1.54, 1.807) is 0 Å². The largest absolute Gasteiger partial charge is 0.264 e. The van der Waals surface area contributed by atoms with E-state index in [4.69, 9.17) is 9.97 Å². The molecule has 10 aromatic rings. The molecule has 55 heavy (non-hydrogen) atoms. The smallest absolute Gasteiger partial charge is 0.0978 e. The quantitative estimate of drug-likeness (QED) is 0.0750. The summed E-state index contributed by atoms with van der Waals surface area (Å²) in [5, 5.41) is 10.6. The monoisotopic (exact) mass is 702 g/mol. The Labute approximate surface area is 318 Å². The van der Waals surface area contributed by atoms with Gasteiger partial charge in [-0.05, 0) is 123 Å². The molecule has 0 fully saturated rings. The number of aliphatic imine (C=N–C) groups is 1. The van der Waals surface area contributed by atoms with Gasteiger partial charge in [0.15, 0.2) is 0 Å². The van der Waals surface area contributed by atoms with Crippen LogP contribution >= 0.6 is 0 Å². The van der Waals surface area contributed by atoms with Gasteiger partial charge in [0.05, 0.1) is 27.9 Å². The number of allylic oxidation sites excluding steroid dienone is 3. The summed E-state index contributed by atoms with van der Waals surface area (Å²) in [6, 6.07) is 52.1. The van der Waals surface area contributed by atoms with Crippen molar-refractivity contribution in [3.05, 3.63) is 182 Å². The van der Waals surface area contributed by atoms with Crippen LogP contribution in [0, 0.1) is 0 Å². The van der Waals surface area contributed by atoms with Gasteiger partial charge in [0.1, 0.15) is 0 Å². The fourth-order valence-corrected chi connectivity index (χ4v) is 8.15. The van der Waals surface area contributed by atoms with Crippen LogP contribution in [0.5, 0.6) is 0 Å². The second kappa shape index (κ2) is 13.3. The number of aromatic nitrogens is 3. The third-order valence-corrected chi connectivity index (χ3v) is 10.7.